The molecule has 0 aliphatic rings. The molecule has 4 aromatic carbocycles. The first-order valence-corrected chi connectivity index (χ1v) is 18.7. The molecule has 0 saturated carbocycles. The second-order valence-corrected chi connectivity index (χ2v) is 14.8. The summed E-state index contributed by atoms with van der Waals surface area (Å²) in [6.45, 7) is 12.9. The van der Waals surface area contributed by atoms with Crippen LogP contribution in [0.25, 0.3) is 50.3 Å². The van der Waals surface area contributed by atoms with Gasteiger partial charge in [0.1, 0.15) is 0 Å². The molecule has 0 amide bonds. The van der Waals surface area contributed by atoms with Gasteiger partial charge in [-0.25, -0.2) is 9.97 Å². The van der Waals surface area contributed by atoms with Crippen LogP contribution in [0.3, 0.4) is 0 Å². The van der Waals surface area contributed by atoms with Crippen molar-refractivity contribution >= 4 is 21.8 Å². The van der Waals surface area contributed by atoms with Crippen molar-refractivity contribution in [3.8, 4) is 51.5 Å². The van der Waals surface area contributed by atoms with Gasteiger partial charge in [-0.3, -0.25) is 0 Å². The molecule has 0 saturated heterocycles. The number of ether oxygens (including phenoxy) is 2. The second-order valence-electron chi connectivity index (χ2n) is 14.8. The van der Waals surface area contributed by atoms with Gasteiger partial charge >= 0.3 is 40.8 Å². The van der Waals surface area contributed by atoms with Gasteiger partial charge in [0.15, 0.2) is 0 Å². The minimum absolute atomic E-state index is 0. The first kappa shape index (κ1) is 41.6. The number of aromatic nitrogens is 5. The predicted octanol–water partition coefficient (Wildman–Crippen LogP) is 11.5. The topological polar surface area (TPSA) is 75.0 Å². The number of rotatable bonds is 11. The third kappa shape index (κ3) is 9.25. The summed E-state index contributed by atoms with van der Waals surface area (Å²) in [5.74, 6) is 3.75. The van der Waals surface area contributed by atoms with E-state index >= 15 is 0 Å². The van der Waals surface area contributed by atoms with E-state index < -0.39 is 0 Å². The monoisotopic (exact) mass is 931 g/mol. The van der Waals surface area contributed by atoms with Crippen LogP contribution >= 0.6 is 0 Å². The van der Waals surface area contributed by atoms with Gasteiger partial charge in [0.2, 0.25) is 5.95 Å². The average molecular weight is 933 g/mol. The molecule has 0 fully saturated rings. The Morgan fingerprint density at radius 2 is 1.00 bits per heavy atom. The number of aryl methyl sites for hydroxylation is 2. The fraction of sp³-hybridized carbons (Fsp3) is 0.208. The van der Waals surface area contributed by atoms with Gasteiger partial charge in [0, 0.05) is 47.8 Å². The Kier molecular flexibility index (Phi) is 13.2. The van der Waals surface area contributed by atoms with Gasteiger partial charge in [-0.15, -0.1) is 59.7 Å². The number of fused-ring (bicyclic) bond motifs is 3. The molecular formula is C48H41N5O2Pd2. The van der Waals surface area contributed by atoms with Gasteiger partial charge in [-0.2, -0.15) is 22.9 Å². The maximum atomic E-state index is 6.66. The van der Waals surface area contributed by atoms with Gasteiger partial charge in [-0.1, -0.05) is 110 Å². The van der Waals surface area contributed by atoms with E-state index in [2.05, 4.69) is 134 Å². The molecular weight excluding hydrogens is 891 g/mol. The molecule has 0 aliphatic heterocycles. The maximum Gasteiger partial charge on any atom is 2.00 e. The number of hydrogen-bond acceptors (Lipinski definition) is 6. The van der Waals surface area contributed by atoms with E-state index in [-0.39, 0.29) is 40.8 Å². The molecule has 0 atom stereocenters. The van der Waals surface area contributed by atoms with Gasteiger partial charge < -0.3 is 24.0 Å². The van der Waals surface area contributed by atoms with Crippen LogP contribution in [-0.2, 0) is 53.7 Å². The first-order chi connectivity index (χ1) is 26.7. The standard InChI is InChI=1S/C48H41N5O2.2Pd/c1-30(2)22-36-10-8-34(42-24-32(5)16-20-49-42)26-46(36)54-38-12-14-40-41-15-13-39(29-45(41)53(44(40)28-38)48-51-18-7-19-52-48)55-47-27-35(9-11-37(47)23-31(3)4)43-25-33(6)17-21-50-43;;/h7-21,24-25,30-31H,22-23H2,1-6H3;;/q-4;2*+2. The molecule has 4 aromatic heterocycles. The number of nitrogens with zero attached hydrogens (tertiary/aromatic N) is 5. The van der Waals surface area contributed by atoms with Crippen LogP contribution in [0.5, 0.6) is 23.0 Å². The SMILES string of the molecule is Cc1ccnc(-c2[c-]c(Oc3[c-]c4c(cc3)c3ccc(Oc5[c-]c(-c6cc(C)ccn6)ccc5CC(C)C)[c-]c3n4-c3ncccn3)c(CC(C)C)cc2)c1.[Pd+2].[Pd+2]. The van der Waals surface area contributed by atoms with Crippen molar-refractivity contribution in [1.82, 2.24) is 24.5 Å². The molecule has 7 nitrogen and oxygen atoms in total. The molecule has 8 rings (SSSR count). The van der Waals surface area contributed by atoms with Crippen molar-refractivity contribution in [3.63, 3.8) is 0 Å². The van der Waals surface area contributed by atoms with Crippen LogP contribution in [0.2, 0.25) is 0 Å². The molecule has 8 aromatic rings. The third-order valence-corrected chi connectivity index (χ3v) is 9.33. The van der Waals surface area contributed by atoms with Gasteiger partial charge in [0.05, 0.1) is 0 Å². The third-order valence-electron chi connectivity index (χ3n) is 9.33. The average Bonchev–Trinajstić information content (AvgIpc) is 3.49. The van der Waals surface area contributed by atoms with Crippen molar-refractivity contribution in [2.45, 2.75) is 54.4 Å². The molecule has 0 radical (unpaired) electrons. The second kappa shape index (κ2) is 18.1. The van der Waals surface area contributed by atoms with Gasteiger partial charge in [-0.05, 0) is 43.4 Å². The minimum atomic E-state index is 0. The molecule has 9 heteroatoms. The fourth-order valence-electron chi connectivity index (χ4n) is 6.83. The summed E-state index contributed by atoms with van der Waals surface area (Å²) >= 11 is 0. The summed E-state index contributed by atoms with van der Waals surface area (Å²) in [7, 11) is 0. The van der Waals surface area contributed by atoms with Gasteiger partial charge in [0.25, 0.3) is 0 Å². The van der Waals surface area contributed by atoms with Crippen LogP contribution in [0.4, 0.5) is 0 Å². The number of hydrogen-bond donors (Lipinski definition) is 0. The van der Waals surface area contributed by atoms with Crippen LogP contribution in [0.15, 0.2) is 104 Å². The van der Waals surface area contributed by atoms with Crippen LogP contribution in [-0.4, -0.2) is 24.5 Å². The zero-order valence-electron chi connectivity index (χ0n) is 32.6. The Bertz CT molecular complexity index is 2500. The summed E-state index contributed by atoms with van der Waals surface area (Å²) in [6.07, 6.45) is 8.79. The molecule has 0 unspecified atom stereocenters. The van der Waals surface area contributed by atoms with E-state index in [1.54, 1.807) is 18.5 Å². The summed E-state index contributed by atoms with van der Waals surface area (Å²) in [6, 6.07) is 40.5. The Morgan fingerprint density at radius 3 is 1.42 bits per heavy atom. The van der Waals surface area contributed by atoms with Crippen molar-refractivity contribution in [2.24, 2.45) is 11.8 Å². The Balaban J connectivity index is 0.00000275. The first-order valence-electron chi connectivity index (χ1n) is 18.7. The Labute approximate surface area is 362 Å². The largest absolute Gasteiger partial charge is 2.00 e. The van der Waals surface area contributed by atoms with Crippen molar-refractivity contribution in [1.29, 1.82) is 0 Å². The molecule has 4 heterocycles. The van der Waals surface area contributed by atoms with Crippen LogP contribution < -0.4 is 9.47 Å². The van der Waals surface area contributed by atoms with E-state index in [9.17, 15) is 0 Å². The van der Waals surface area contributed by atoms with E-state index in [1.165, 1.54) is 0 Å². The van der Waals surface area contributed by atoms with Crippen molar-refractivity contribution in [2.75, 3.05) is 0 Å². The molecule has 290 valence electrons. The number of benzene rings is 4. The van der Waals surface area contributed by atoms with Crippen LogP contribution in [0.1, 0.15) is 49.9 Å². The minimum Gasteiger partial charge on any atom is -0.503 e. The number of pyridine rings is 2. The Morgan fingerprint density at radius 1 is 0.544 bits per heavy atom. The summed E-state index contributed by atoms with van der Waals surface area (Å²) in [5.41, 5.74) is 9.36. The molecule has 0 bridgehead atoms. The zero-order chi connectivity index (χ0) is 38.1. The predicted molar refractivity (Wildman–Crippen MR) is 218 cm³/mol. The zero-order valence-corrected chi connectivity index (χ0v) is 35.7. The molecule has 0 spiro atoms. The summed E-state index contributed by atoms with van der Waals surface area (Å²) < 4.78 is 15.3. The quantitative estimate of drug-likeness (QED) is 0.0950. The smallest absolute Gasteiger partial charge is 0.503 e. The van der Waals surface area contributed by atoms with Crippen molar-refractivity contribution in [3.05, 3.63) is 150 Å². The van der Waals surface area contributed by atoms with Crippen molar-refractivity contribution < 1.29 is 50.3 Å². The fourth-order valence-corrected chi connectivity index (χ4v) is 6.83. The van der Waals surface area contributed by atoms with E-state index in [4.69, 9.17) is 9.47 Å². The van der Waals surface area contributed by atoms with E-state index in [1.807, 2.05) is 41.2 Å². The normalized spacial score (nSPS) is 11.2. The molecule has 0 N–H and O–H groups in total. The molecule has 0 aliphatic carbocycles. The Hall–Kier alpha value is -5.02. The van der Waals surface area contributed by atoms with Crippen LogP contribution in [0, 0.1) is 49.9 Å². The van der Waals surface area contributed by atoms with E-state index in [0.717, 1.165) is 79.4 Å². The summed E-state index contributed by atoms with van der Waals surface area (Å²) in [4.78, 5) is 18.5. The van der Waals surface area contributed by atoms with E-state index in [0.29, 0.717) is 40.8 Å². The maximum absolute atomic E-state index is 6.66. The summed E-state index contributed by atoms with van der Waals surface area (Å²) in [5, 5.41) is 1.92. The molecule has 57 heavy (non-hydrogen) atoms.